The Kier molecular flexibility index (Phi) is 3.76. The van der Waals surface area contributed by atoms with Gasteiger partial charge >= 0.3 is 0 Å². The van der Waals surface area contributed by atoms with Crippen LogP contribution in [0.2, 0.25) is 0 Å². The van der Waals surface area contributed by atoms with Crippen molar-refractivity contribution in [3.8, 4) is 11.1 Å². The van der Waals surface area contributed by atoms with Crippen LogP contribution < -0.4 is 4.90 Å². The van der Waals surface area contributed by atoms with Crippen molar-refractivity contribution < 1.29 is 0 Å². The lowest BCUT2D eigenvalue weighted by Gasteiger charge is -2.20. The lowest BCUT2D eigenvalue weighted by Crippen LogP contribution is -2.08. The van der Waals surface area contributed by atoms with E-state index in [9.17, 15) is 0 Å². The Labute approximate surface area is 142 Å². The van der Waals surface area contributed by atoms with Gasteiger partial charge in [-0.15, -0.1) is 0 Å². The molecule has 4 aromatic rings. The predicted octanol–water partition coefficient (Wildman–Crippen LogP) is 6.27. The second-order valence-electron chi connectivity index (χ2n) is 5.97. The van der Waals surface area contributed by atoms with Crippen LogP contribution in [0, 0.1) is 0 Å². The summed E-state index contributed by atoms with van der Waals surface area (Å²) in [5.74, 6) is 0. The summed E-state index contributed by atoms with van der Waals surface area (Å²) in [5, 5.41) is 2.57. The first kappa shape index (κ1) is 14.5. The van der Waals surface area contributed by atoms with Gasteiger partial charge in [0.05, 0.1) is 0 Å². The van der Waals surface area contributed by atoms with Gasteiger partial charge < -0.3 is 4.90 Å². The van der Waals surface area contributed by atoms with E-state index in [1.165, 1.54) is 33.3 Å². The lowest BCUT2D eigenvalue weighted by molar-refractivity contribution is 1.21. The van der Waals surface area contributed by atoms with Crippen molar-refractivity contribution in [1.82, 2.24) is 0 Å². The summed E-state index contributed by atoms with van der Waals surface area (Å²) in [7, 11) is 2.10. The van der Waals surface area contributed by atoms with E-state index in [2.05, 4.69) is 103 Å². The molecular formula is C23H19N. The Hall–Kier alpha value is -3.06. The fraction of sp³-hybridized carbons (Fsp3) is 0.0435. The van der Waals surface area contributed by atoms with Crippen molar-refractivity contribution in [2.24, 2.45) is 0 Å². The molecule has 0 N–H and O–H groups in total. The monoisotopic (exact) mass is 309 g/mol. The maximum atomic E-state index is 2.20. The van der Waals surface area contributed by atoms with Gasteiger partial charge in [-0.25, -0.2) is 0 Å². The van der Waals surface area contributed by atoms with Gasteiger partial charge in [-0.3, -0.25) is 0 Å². The fourth-order valence-corrected chi connectivity index (χ4v) is 3.14. The molecule has 0 atom stereocenters. The van der Waals surface area contributed by atoms with Crippen LogP contribution in [0.5, 0.6) is 0 Å². The first-order chi connectivity index (χ1) is 11.8. The smallest absolute Gasteiger partial charge is 0.0408 e. The first-order valence-corrected chi connectivity index (χ1v) is 8.20. The largest absolute Gasteiger partial charge is 0.345 e. The van der Waals surface area contributed by atoms with Gasteiger partial charge in [0.2, 0.25) is 0 Å². The van der Waals surface area contributed by atoms with E-state index in [4.69, 9.17) is 0 Å². The molecule has 0 aliphatic carbocycles. The predicted molar refractivity (Wildman–Crippen MR) is 104 cm³/mol. The average Bonchev–Trinajstić information content (AvgIpc) is 2.68. The SMILES string of the molecule is CN(c1ccccc1)c1ccc(-c2cccc3ccccc23)cc1. The van der Waals surface area contributed by atoms with Crippen LogP contribution in [0.3, 0.4) is 0 Å². The first-order valence-electron chi connectivity index (χ1n) is 8.20. The number of nitrogens with zero attached hydrogens (tertiary/aromatic N) is 1. The molecule has 0 fully saturated rings. The molecule has 0 spiro atoms. The molecule has 0 bridgehead atoms. The van der Waals surface area contributed by atoms with E-state index < -0.39 is 0 Å². The van der Waals surface area contributed by atoms with Gasteiger partial charge in [0, 0.05) is 18.4 Å². The molecular weight excluding hydrogens is 290 g/mol. The summed E-state index contributed by atoms with van der Waals surface area (Å²) in [4.78, 5) is 2.20. The zero-order valence-corrected chi connectivity index (χ0v) is 13.7. The third kappa shape index (κ3) is 2.65. The summed E-state index contributed by atoms with van der Waals surface area (Å²) in [5.41, 5.74) is 4.90. The number of hydrogen-bond acceptors (Lipinski definition) is 1. The molecule has 1 nitrogen and oxygen atoms in total. The van der Waals surface area contributed by atoms with Crippen LogP contribution in [-0.4, -0.2) is 7.05 Å². The molecule has 1 heteroatoms. The van der Waals surface area contributed by atoms with E-state index in [0.29, 0.717) is 0 Å². The van der Waals surface area contributed by atoms with E-state index in [1.54, 1.807) is 0 Å². The molecule has 0 saturated heterocycles. The van der Waals surface area contributed by atoms with Gasteiger partial charge in [0.15, 0.2) is 0 Å². The van der Waals surface area contributed by atoms with Gasteiger partial charge in [-0.2, -0.15) is 0 Å². The Bertz CT molecular complexity index is 951. The number of benzene rings is 4. The van der Waals surface area contributed by atoms with Gasteiger partial charge in [-0.1, -0.05) is 72.8 Å². The Morgan fingerprint density at radius 3 is 1.96 bits per heavy atom. The van der Waals surface area contributed by atoms with E-state index in [-0.39, 0.29) is 0 Å². The summed E-state index contributed by atoms with van der Waals surface area (Å²) >= 11 is 0. The third-order valence-electron chi connectivity index (χ3n) is 4.50. The highest BCUT2D eigenvalue weighted by Crippen LogP contribution is 2.31. The summed E-state index contributed by atoms with van der Waals surface area (Å²) in [6, 6.07) is 34.2. The van der Waals surface area contributed by atoms with Crippen molar-refractivity contribution in [1.29, 1.82) is 0 Å². The van der Waals surface area contributed by atoms with Crippen LogP contribution in [0.15, 0.2) is 97.1 Å². The number of hydrogen-bond donors (Lipinski definition) is 0. The highest BCUT2D eigenvalue weighted by molar-refractivity contribution is 5.96. The summed E-state index contributed by atoms with van der Waals surface area (Å²) in [6.45, 7) is 0. The minimum atomic E-state index is 1.19. The van der Waals surface area contributed by atoms with Crippen molar-refractivity contribution in [3.05, 3.63) is 97.1 Å². The van der Waals surface area contributed by atoms with Crippen LogP contribution in [-0.2, 0) is 0 Å². The normalized spacial score (nSPS) is 10.7. The molecule has 0 aliphatic rings. The van der Waals surface area contributed by atoms with Crippen LogP contribution >= 0.6 is 0 Å². The zero-order valence-electron chi connectivity index (χ0n) is 13.7. The molecule has 0 aromatic heterocycles. The number of fused-ring (bicyclic) bond motifs is 1. The quantitative estimate of drug-likeness (QED) is 0.431. The second kappa shape index (κ2) is 6.21. The van der Waals surface area contributed by atoms with Gasteiger partial charge in [0.1, 0.15) is 0 Å². The van der Waals surface area contributed by atoms with Crippen LogP contribution in [0.25, 0.3) is 21.9 Å². The van der Waals surface area contributed by atoms with Crippen molar-refractivity contribution >= 4 is 22.1 Å². The topological polar surface area (TPSA) is 3.24 Å². The molecule has 0 radical (unpaired) electrons. The standard InChI is InChI=1S/C23H19N/c1-24(20-10-3-2-4-11-20)21-16-14-19(15-17-21)23-13-7-9-18-8-5-6-12-22(18)23/h2-17H,1H3. The lowest BCUT2D eigenvalue weighted by atomic mass is 9.98. The molecule has 0 amide bonds. The Morgan fingerprint density at radius 2 is 1.17 bits per heavy atom. The number of rotatable bonds is 3. The Balaban J connectivity index is 1.71. The molecule has 4 aromatic carbocycles. The minimum Gasteiger partial charge on any atom is -0.345 e. The van der Waals surface area contributed by atoms with Crippen LogP contribution in [0.4, 0.5) is 11.4 Å². The third-order valence-corrected chi connectivity index (χ3v) is 4.50. The van der Waals surface area contributed by atoms with Crippen LogP contribution in [0.1, 0.15) is 0 Å². The molecule has 4 rings (SSSR count). The van der Waals surface area contributed by atoms with E-state index >= 15 is 0 Å². The summed E-state index contributed by atoms with van der Waals surface area (Å²) < 4.78 is 0. The van der Waals surface area contributed by atoms with E-state index in [0.717, 1.165) is 0 Å². The molecule has 0 aliphatic heterocycles. The summed E-state index contributed by atoms with van der Waals surface area (Å²) in [6.07, 6.45) is 0. The minimum absolute atomic E-state index is 1.19. The highest BCUT2D eigenvalue weighted by Gasteiger charge is 2.06. The van der Waals surface area contributed by atoms with Gasteiger partial charge in [0.25, 0.3) is 0 Å². The molecule has 0 saturated carbocycles. The fourth-order valence-electron chi connectivity index (χ4n) is 3.14. The van der Waals surface area contributed by atoms with Crippen molar-refractivity contribution in [3.63, 3.8) is 0 Å². The Morgan fingerprint density at radius 1 is 0.542 bits per heavy atom. The van der Waals surface area contributed by atoms with E-state index in [1.807, 2.05) is 6.07 Å². The molecule has 24 heavy (non-hydrogen) atoms. The maximum absolute atomic E-state index is 2.20. The molecule has 0 unspecified atom stereocenters. The van der Waals surface area contributed by atoms with Crippen molar-refractivity contribution in [2.45, 2.75) is 0 Å². The number of anilines is 2. The average molecular weight is 309 g/mol. The number of para-hydroxylation sites is 1. The second-order valence-corrected chi connectivity index (χ2v) is 5.97. The maximum Gasteiger partial charge on any atom is 0.0408 e. The van der Waals surface area contributed by atoms with Gasteiger partial charge in [-0.05, 0) is 46.2 Å². The molecule has 116 valence electrons. The highest BCUT2D eigenvalue weighted by atomic mass is 15.1. The molecule has 0 heterocycles. The van der Waals surface area contributed by atoms with Crippen molar-refractivity contribution in [2.75, 3.05) is 11.9 Å². The zero-order chi connectivity index (χ0) is 16.4.